The molecule has 1 amide bonds. The highest BCUT2D eigenvalue weighted by atomic mass is 35.5. The minimum Gasteiger partial charge on any atom is -0.493 e. The zero-order valence-corrected chi connectivity index (χ0v) is 14.9. The Morgan fingerprint density at radius 1 is 1.12 bits per heavy atom. The quantitative estimate of drug-likeness (QED) is 0.644. The lowest BCUT2D eigenvalue weighted by Crippen LogP contribution is -2.41. The van der Waals surface area contributed by atoms with E-state index in [-0.39, 0.29) is 5.91 Å². The molecule has 3 aromatic rings. The molecule has 2 aromatic carbocycles. The van der Waals surface area contributed by atoms with Crippen molar-refractivity contribution in [3.05, 3.63) is 65.4 Å². The van der Waals surface area contributed by atoms with Crippen LogP contribution in [-0.2, 0) is 10.2 Å². The van der Waals surface area contributed by atoms with Gasteiger partial charge in [0.2, 0.25) is 5.91 Å². The van der Waals surface area contributed by atoms with Gasteiger partial charge in [-0.2, -0.15) is 0 Å². The standard InChI is InChI=1S/C21H17ClN2O2/c22-15-5-6-19-17(11-15)21(8-10-26-19)7-9-24(20(21)25)18-13-23-12-14-3-1-2-4-16(14)18/h1-6,11-13H,7-10H2/t21-/m1/s1. The largest absolute Gasteiger partial charge is 0.493 e. The predicted octanol–water partition coefficient (Wildman–Crippen LogP) is 4.35. The monoisotopic (exact) mass is 364 g/mol. The summed E-state index contributed by atoms with van der Waals surface area (Å²) in [6.45, 7) is 1.21. The Bertz CT molecular complexity index is 1030. The number of halogens is 1. The lowest BCUT2D eigenvalue weighted by Gasteiger charge is -2.34. The Morgan fingerprint density at radius 3 is 2.92 bits per heavy atom. The van der Waals surface area contributed by atoms with Gasteiger partial charge >= 0.3 is 0 Å². The van der Waals surface area contributed by atoms with E-state index in [9.17, 15) is 4.79 Å². The fourth-order valence-corrected chi connectivity index (χ4v) is 4.44. The van der Waals surface area contributed by atoms with Crippen LogP contribution in [0.3, 0.4) is 0 Å². The Balaban J connectivity index is 1.63. The van der Waals surface area contributed by atoms with Gasteiger partial charge in [-0.1, -0.05) is 35.9 Å². The number of benzene rings is 2. The number of carbonyl (C=O) groups excluding carboxylic acids is 1. The fraction of sp³-hybridized carbons (Fsp3) is 0.238. The summed E-state index contributed by atoms with van der Waals surface area (Å²) in [5.41, 5.74) is 1.23. The number of nitrogens with zero attached hydrogens (tertiary/aromatic N) is 2. The van der Waals surface area contributed by atoms with E-state index in [1.807, 2.05) is 53.6 Å². The number of anilines is 1. The van der Waals surface area contributed by atoms with Crippen molar-refractivity contribution in [1.82, 2.24) is 4.98 Å². The zero-order valence-electron chi connectivity index (χ0n) is 14.1. The third kappa shape index (κ3) is 2.15. The first kappa shape index (κ1) is 15.6. The highest BCUT2D eigenvalue weighted by Crippen LogP contribution is 2.48. The third-order valence-electron chi connectivity index (χ3n) is 5.60. The Hall–Kier alpha value is -2.59. The lowest BCUT2D eigenvalue weighted by molar-refractivity contribution is -0.122. The molecule has 0 N–H and O–H groups in total. The molecule has 1 saturated heterocycles. The summed E-state index contributed by atoms with van der Waals surface area (Å²) in [6.07, 6.45) is 5.05. The van der Waals surface area contributed by atoms with Crippen LogP contribution < -0.4 is 9.64 Å². The van der Waals surface area contributed by atoms with E-state index in [4.69, 9.17) is 16.3 Å². The van der Waals surface area contributed by atoms with Crippen LogP contribution in [0.5, 0.6) is 5.75 Å². The number of hydrogen-bond donors (Lipinski definition) is 0. The van der Waals surface area contributed by atoms with E-state index in [1.54, 1.807) is 6.20 Å². The molecule has 5 heteroatoms. The van der Waals surface area contributed by atoms with Crippen molar-refractivity contribution in [1.29, 1.82) is 0 Å². The van der Waals surface area contributed by atoms with Crippen molar-refractivity contribution >= 4 is 34.0 Å². The van der Waals surface area contributed by atoms with Crippen LogP contribution >= 0.6 is 11.6 Å². The SMILES string of the molecule is O=C1N(c2cncc3ccccc23)CC[C@]12CCOc1ccc(Cl)cc12. The van der Waals surface area contributed by atoms with E-state index >= 15 is 0 Å². The van der Waals surface area contributed by atoms with Crippen molar-refractivity contribution in [3.8, 4) is 5.75 Å². The minimum absolute atomic E-state index is 0.113. The molecule has 5 rings (SSSR count). The third-order valence-corrected chi connectivity index (χ3v) is 5.83. The lowest BCUT2D eigenvalue weighted by atomic mass is 9.74. The van der Waals surface area contributed by atoms with E-state index in [2.05, 4.69) is 4.98 Å². The van der Waals surface area contributed by atoms with Gasteiger partial charge in [-0.15, -0.1) is 0 Å². The van der Waals surface area contributed by atoms with Gasteiger partial charge < -0.3 is 9.64 Å². The van der Waals surface area contributed by atoms with Crippen LogP contribution in [0, 0.1) is 0 Å². The summed E-state index contributed by atoms with van der Waals surface area (Å²) in [7, 11) is 0. The van der Waals surface area contributed by atoms with Crippen molar-refractivity contribution in [2.75, 3.05) is 18.1 Å². The van der Waals surface area contributed by atoms with Gasteiger partial charge in [0.25, 0.3) is 0 Å². The first-order valence-corrected chi connectivity index (χ1v) is 9.14. The molecular weight excluding hydrogens is 348 g/mol. The smallest absolute Gasteiger partial charge is 0.238 e. The molecule has 3 heterocycles. The molecule has 2 aliphatic rings. The molecule has 0 bridgehead atoms. The first-order valence-electron chi connectivity index (χ1n) is 8.77. The number of rotatable bonds is 1. The number of amides is 1. The summed E-state index contributed by atoms with van der Waals surface area (Å²) in [5.74, 6) is 0.884. The molecule has 130 valence electrons. The highest BCUT2D eigenvalue weighted by molar-refractivity contribution is 6.30. The van der Waals surface area contributed by atoms with E-state index in [0.29, 0.717) is 24.6 Å². The van der Waals surface area contributed by atoms with Gasteiger partial charge in [0, 0.05) is 40.5 Å². The number of fused-ring (bicyclic) bond motifs is 3. The average Bonchev–Trinajstić information content (AvgIpc) is 2.99. The summed E-state index contributed by atoms with van der Waals surface area (Å²) in [4.78, 5) is 19.8. The van der Waals surface area contributed by atoms with Crippen LogP contribution in [-0.4, -0.2) is 24.0 Å². The van der Waals surface area contributed by atoms with Gasteiger partial charge in [-0.25, -0.2) is 0 Å². The van der Waals surface area contributed by atoms with Crippen LogP contribution in [0.1, 0.15) is 18.4 Å². The Kier molecular flexibility index (Phi) is 3.44. The summed E-state index contributed by atoms with van der Waals surface area (Å²) in [6, 6.07) is 13.6. The topological polar surface area (TPSA) is 42.4 Å². The molecule has 0 saturated carbocycles. The number of pyridine rings is 1. The molecule has 26 heavy (non-hydrogen) atoms. The maximum absolute atomic E-state index is 13.6. The zero-order chi connectivity index (χ0) is 17.7. The predicted molar refractivity (Wildman–Crippen MR) is 102 cm³/mol. The molecular formula is C21H17ClN2O2. The van der Waals surface area contributed by atoms with Crippen molar-refractivity contribution in [3.63, 3.8) is 0 Å². The number of hydrogen-bond acceptors (Lipinski definition) is 3. The molecule has 1 atom stereocenters. The second kappa shape index (κ2) is 5.71. The number of ether oxygens (including phenoxy) is 1. The average molecular weight is 365 g/mol. The van der Waals surface area contributed by atoms with Gasteiger partial charge in [0.1, 0.15) is 5.75 Å². The van der Waals surface area contributed by atoms with Gasteiger partial charge in [-0.05, 0) is 24.6 Å². The van der Waals surface area contributed by atoms with E-state index in [1.165, 1.54) is 0 Å². The molecule has 0 aliphatic carbocycles. The second-order valence-electron chi connectivity index (χ2n) is 6.91. The second-order valence-corrected chi connectivity index (χ2v) is 7.34. The molecule has 1 aromatic heterocycles. The van der Waals surface area contributed by atoms with E-state index in [0.717, 1.165) is 34.2 Å². The molecule has 0 radical (unpaired) electrons. The Morgan fingerprint density at radius 2 is 2.00 bits per heavy atom. The van der Waals surface area contributed by atoms with Crippen molar-refractivity contribution in [2.24, 2.45) is 0 Å². The van der Waals surface area contributed by atoms with Crippen LogP contribution in [0.15, 0.2) is 54.9 Å². The number of carbonyl (C=O) groups is 1. The summed E-state index contributed by atoms with van der Waals surface area (Å²) < 4.78 is 5.78. The molecule has 4 nitrogen and oxygen atoms in total. The van der Waals surface area contributed by atoms with Crippen LogP contribution in [0.25, 0.3) is 10.8 Å². The Labute approximate surface area is 156 Å². The molecule has 1 spiro atoms. The maximum Gasteiger partial charge on any atom is 0.238 e. The number of aromatic nitrogens is 1. The highest BCUT2D eigenvalue weighted by Gasteiger charge is 2.51. The van der Waals surface area contributed by atoms with Gasteiger partial charge in [0.15, 0.2) is 0 Å². The van der Waals surface area contributed by atoms with Crippen molar-refractivity contribution in [2.45, 2.75) is 18.3 Å². The molecule has 0 unspecified atom stereocenters. The van der Waals surface area contributed by atoms with Crippen LogP contribution in [0.2, 0.25) is 5.02 Å². The van der Waals surface area contributed by atoms with Crippen molar-refractivity contribution < 1.29 is 9.53 Å². The normalized spacial score (nSPS) is 21.9. The first-order chi connectivity index (χ1) is 12.7. The van der Waals surface area contributed by atoms with Gasteiger partial charge in [-0.3, -0.25) is 9.78 Å². The maximum atomic E-state index is 13.6. The summed E-state index contributed by atoms with van der Waals surface area (Å²) >= 11 is 6.23. The van der Waals surface area contributed by atoms with E-state index < -0.39 is 5.41 Å². The van der Waals surface area contributed by atoms with Gasteiger partial charge in [0.05, 0.1) is 23.9 Å². The molecule has 1 fully saturated rings. The summed E-state index contributed by atoms with van der Waals surface area (Å²) in [5, 5.41) is 2.71. The minimum atomic E-state index is -0.560. The van der Waals surface area contributed by atoms with Crippen LogP contribution in [0.4, 0.5) is 5.69 Å². The molecule has 2 aliphatic heterocycles. The fourth-order valence-electron chi connectivity index (χ4n) is 4.27.